The van der Waals surface area contributed by atoms with Crippen molar-refractivity contribution in [1.29, 1.82) is 0 Å². The fraction of sp³-hybridized carbons (Fsp3) is 0.733. The summed E-state index contributed by atoms with van der Waals surface area (Å²) in [7, 11) is 0. The molecule has 0 fully saturated rings. The second-order valence-corrected chi connectivity index (χ2v) is 4.85. The molecule has 0 aliphatic carbocycles. The van der Waals surface area contributed by atoms with Gasteiger partial charge in [-0.25, -0.2) is 0 Å². The van der Waals surface area contributed by atoms with Crippen LogP contribution in [0.15, 0.2) is 22.8 Å². The topological polar surface area (TPSA) is 28.4 Å². The number of rotatable bonds is 10. The summed E-state index contributed by atoms with van der Waals surface area (Å²) in [6.07, 6.45) is 5.14. The van der Waals surface area contributed by atoms with Crippen molar-refractivity contribution in [2.75, 3.05) is 26.2 Å². The summed E-state index contributed by atoms with van der Waals surface area (Å²) in [5, 5.41) is 3.58. The molecule has 0 saturated heterocycles. The lowest BCUT2D eigenvalue weighted by Gasteiger charge is -2.19. The van der Waals surface area contributed by atoms with Gasteiger partial charge in [0.05, 0.1) is 6.26 Å². The SMILES string of the molecule is CCN(CC)CCCNC(C)CCc1ccco1. The molecule has 18 heavy (non-hydrogen) atoms. The average Bonchev–Trinajstić information content (AvgIpc) is 2.90. The molecule has 1 atom stereocenters. The van der Waals surface area contributed by atoms with Crippen molar-refractivity contribution in [2.45, 2.75) is 46.1 Å². The van der Waals surface area contributed by atoms with E-state index in [0.717, 1.165) is 38.2 Å². The summed E-state index contributed by atoms with van der Waals surface area (Å²) in [5.74, 6) is 1.09. The maximum absolute atomic E-state index is 5.34. The monoisotopic (exact) mass is 252 g/mol. The number of furan rings is 1. The predicted octanol–water partition coefficient (Wildman–Crippen LogP) is 2.92. The Kier molecular flexibility index (Phi) is 7.78. The van der Waals surface area contributed by atoms with Crippen LogP contribution in [0.25, 0.3) is 0 Å². The van der Waals surface area contributed by atoms with Gasteiger partial charge in [-0.3, -0.25) is 0 Å². The highest BCUT2D eigenvalue weighted by Crippen LogP contribution is 2.05. The van der Waals surface area contributed by atoms with E-state index in [1.54, 1.807) is 6.26 Å². The predicted molar refractivity (Wildman–Crippen MR) is 76.9 cm³/mol. The van der Waals surface area contributed by atoms with Crippen LogP contribution in [0.3, 0.4) is 0 Å². The van der Waals surface area contributed by atoms with E-state index in [4.69, 9.17) is 4.42 Å². The quantitative estimate of drug-likeness (QED) is 0.649. The van der Waals surface area contributed by atoms with Crippen molar-refractivity contribution in [3.63, 3.8) is 0 Å². The van der Waals surface area contributed by atoms with Crippen molar-refractivity contribution in [1.82, 2.24) is 10.2 Å². The second-order valence-electron chi connectivity index (χ2n) is 4.85. The Balaban J connectivity index is 2.01. The van der Waals surface area contributed by atoms with Gasteiger partial charge in [-0.1, -0.05) is 13.8 Å². The molecule has 0 aliphatic heterocycles. The summed E-state index contributed by atoms with van der Waals surface area (Å²) >= 11 is 0. The van der Waals surface area contributed by atoms with Gasteiger partial charge in [0.1, 0.15) is 5.76 Å². The highest BCUT2D eigenvalue weighted by Gasteiger charge is 2.04. The molecule has 1 aromatic heterocycles. The smallest absolute Gasteiger partial charge is 0.103 e. The van der Waals surface area contributed by atoms with Gasteiger partial charge >= 0.3 is 0 Å². The molecule has 3 heteroatoms. The maximum atomic E-state index is 5.34. The minimum absolute atomic E-state index is 0.562. The number of nitrogens with one attached hydrogen (secondary N) is 1. The Labute approximate surface area is 112 Å². The first-order valence-corrected chi connectivity index (χ1v) is 7.24. The molecular formula is C15H28N2O. The molecule has 1 rings (SSSR count). The van der Waals surface area contributed by atoms with Crippen LogP contribution in [-0.4, -0.2) is 37.1 Å². The Morgan fingerprint density at radius 2 is 2.11 bits per heavy atom. The van der Waals surface area contributed by atoms with E-state index in [1.807, 2.05) is 12.1 Å². The number of nitrogens with zero attached hydrogens (tertiary/aromatic N) is 1. The molecule has 0 spiro atoms. The molecule has 0 radical (unpaired) electrons. The third-order valence-corrected chi connectivity index (χ3v) is 3.44. The largest absolute Gasteiger partial charge is 0.469 e. The molecule has 0 aliphatic rings. The number of hydrogen-bond acceptors (Lipinski definition) is 3. The van der Waals surface area contributed by atoms with Crippen molar-refractivity contribution < 1.29 is 4.42 Å². The Morgan fingerprint density at radius 3 is 2.72 bits per heavy atom. The zero-order chi connectivity index (χ0) is 13.2. The molecule has 1 N–H and O–H groups in total. The van der Waals surface area contributed by atoms with Crippen LogP contribution < -0.4 is 5.32 Å². The Bertz CT molecular complexity index is 281. The van der Waals surface area contributed by atoms with E-state index in [-0.39, 0.29) is 0 Å². The van der Waals surface area contributed by atoms with E-state index < -0.39 is 0 Å². The highest BCUT2D eigenvalue weighted by atomic mass is 16.3. The van der Waals surface area contributed by atoms with Gasteiger partial charge in [-0.15, -0.1) is 0 Å². The third-order valence-electron chi connectivity index (χ3n) is 3.44. The highest BCUT2D eigenvalue weighted by molar-refractivity contribution is 4.98. The molecule has 0 aromatic carbocycles. The average molecular weight is 252 g/mol. The van der Waals surface area contributed by atoms with Crippen LogP contribution >= 0.6 is 0 Å². The lowest BCUT2D eigenvalue weighted by Crippen LogP contribution is -2.31. The summed E-state index contributed by atoms with van der Waals surface area (Å²) in [6, 6.07) is 4.57. The van der Waals surface area contributed by atoms with E-state index in [9.17, 15) is 0 Å². The fourth-order valence-electron chi connectivity index (χ4n) is 2.11. The molecule has 1 heterocycles. The molecule has 0 amide bonds. The zero-order valence-electron chi connectivity index (χ0n) is 12.1. The molecule has 0 bridgehead atoms. The molecular weight excluding hydrogens is 224 g/mol. The van der Waals surface area contributed by atoms with Crippen LogP contribution in [0.1, 0.15) is 39.4 Å². The zero-order valence-corrected chi connectivity index (χ0v) is 12.1. The van der Waals surface area contributed by atoms with Gasteiger partial charge in [-0.2, -0.15) is 0 Å². The number of aryl methyl sites for hydroxylation is 1. The van der Waals surface area contributed by atoms with Crippen molar-refractivity contribution in [2.24, 2.45) is 0 Å². The van der Waals surface area contributed by atoms with Crippen molar-refractivity contribution in [3.8, 4) is 0 Å². The Morgan fingerprint density at radius 1 is 1.33 bits per heavy atom. The van der Waals surface area contributed by atoms with Crippen LogP contribution in [0.5, 0.6) is 0 Å². The minimum atomic E-state index is 0.562. The van der Waals surface area contributed by atoms with E-state index in [1.165, 1.54) is 13.0 Å². The fourth-order valence-corrected chi connectivity index (χ4v) is 2.11. The first kappa shape index (κ1) is 15.3. The lowest BCUT2D eigenvalue weighted by molar-refractivity contribution is 0.295. The molecule has 104 valence electrons. The van der Waals surface area contributed by atoms with Crippen LogP contribution in [0.2, 0.25) is 0 Å². The molecule has 3 nitrogen and oxygen atoms in total. The molecule has 1 aromatic rings. The van der Waals surface area contributed by atoms with Crippen molar-refractivity contribution >= 4 is 0 Å². The van der Waals surface area contributed by atoms with E-state index in [2.05, 4.69) is 31.0 Å². The van der Waals surface area contributed by atoms with E-state index in [0.29, 0.717) is 6.04 Å². The van der Waals surface area contributed by atoms with E-state index >= 15 is 0 Å². The van der Waals surface area contributed by atoms with Gasteiger partial charge < -0.3 is 14.6 Å². The first-order valence-electron chi connectivity index (χ1n) is 7.24. The lowest BCUT2D eigenvalue weighted by atomic mass is 10.1. The standard InChI is InChI=1S/C15H28N2O/c1-4-17(5-2)12-7-11-16-14(3)9-10-15-8-6-13-18-15/h6,8,13-14,16H,4-5,7,9-12H2,1-3H3. The summed E-state index contributed by atoms with van der Waals surface area (Å²) in [6.45, 7) is 11.3. The van der Waals surface area contributed by atoms with Gasteiger partial charge in [0.15, 0.2) is 0 Å². The van der Waals surface area contributed by atoms with Gasteiger partial charge in [0, 0.05) is 12.5 Å². The normalized spacial score (nSPS) is 13.1. The summed E-state index contributed by atoms with van der Waals surface area (Å²) in [5.41, 5.74) is 0. The van der Waals surface area contributed by atoms with Crippen LogP contribution in [0.4, 0.5) is 0 Å². The van der Waals surface area contributed by atoms with Crippen LogP contribution in [0, 0.1) is 0 Å². The summed E-state index contributed by atoms with van der Waals surface area (Å²) in [4.78, 5) is 2.47. The third kappa shape index (κ3) is 6.22. The first-order chi connectivity index (χ1) is 8.76. The van der Waals surface area contributed by atoms with Crippen LogP contribution in [-0.2, 0) is 6.42 Å². The minimum Gasteiger partial charge on any atom is -0.469 e. The Hall–Kier alpha value is -0.800. The van der Waals surface area contributed by atoms with Gasteiger partial charge in [0.2, 0.25) is 0 Å². The summed E-state index contributed by atoms with van der Waals surface area (Å²) < 4.78 is 5.34. The second kappa shape index (κ2) is 9.17. The maximum Gasteiger partial charge on any atom is 0.103 e. The number of hydrogen-bond donors (Lipinski definition) is 1. The van der Waals surface area contributed by atoms with Gasteiger partial charge in [-0.05, 0) is 58.1 Å². The van der Waals surface area contributed by atoms with Gasteiger partial charge in [0.25, 0.3) is 0 Å². The molecule has 0 saturated carbocycles. The molecule has 1 unspecified atom stereocenters. The van der Waals surface area contributed by atoms with Crippen molar-refractivity contribution in [3.05, 3.63) is 24.2 Å².